The fraction of sp³-hybridized carbons (Fsp3) is 0.364. The van der Waals surface area contributed by atoms with Crippen LogP contribution in [0.25, 0.3) is 0 Å². The van der Waals surface area contributed by atoms with Crippen LogP contribution in [0.5, 0.6) is 5.75 Å². The molecule has 0 unspecified atom stereocenters. The van der Waals surface area contributed by atoms with Crippen molar-refractivity contribution in [3.8, 4) is 5.75 Å². The Hall–Kier alpha value is -1.60. The molecule has 0 radical (unpaired) electrons. The van der Waals surface area contributed by atoms with E-state index in [1.54, 1.807) is 18.2 Å². The molecule has 1 aromatic carbocycles. The minimum Gasteiger partial charge on any atom is -0.508 e. The minimum absolute atomic E-state index is 0.0576. The molecule has 100 valence electrons. The number of amides is 1. The van der Waals surface area contributed by atoms with Crippen LogP contribution in [-0.4, -0.2) is 31.7 Å². The number of phenols is 1. The third kappa shape index (κ3) is 5.65. The fourth-order valence-corrected chi connectivity index (χ4v) is 1.94. The van der Waals surface area contributed by atoms with Crippen LogP contribution >= 0.6 is 0 Å². The number of sulfonamides is 1. The first-order valence-corrected chi connectivity index (χ1v) is 7.14. The Morgan fingerprint density at radius 1 is 1.33 bits per heavy atom. The van der Waals surface area contributed by atoms with E-state index in [4.69, 9.17) is 5.14 Å². The number of phenolic OH excluding ortho intramolecular Hbond substituents is 1. The first-order valence-electron chi connectivity index (χ1n) is 5.42. The lowest BCUT2D eigenvalue weighted by atomic mass is 10.1. The average Bonchev–Trinajstić information content (AvgIpc) is 2.26. The molecule has 0 heterocycles. The van der Waals surface area contributed by atoms with Gasteiger partial charge in [-0.15, -0.1) is 0 Å². The third-order valence-corrected chi connectivity index (χ3v) is 3.13. The van der Waals surface area contributed by atoms with Crippen molar-refractivity contribution in [1.29, 1.82) is 0 Å². The smallest absolute Gasteiger partial charge is 0.224 e. The maximum atomic E-state index is 11.5. The molecule has 1 amide bonds. The highest BCUT2D eigenvalue weighted by molar-refractivity contribution is 7.89. The molecule has 0 aromatic heterocycles. The maximum Gasteiger partial charge on any atom is 0.224 e. The summed E-state index contributed by atoms with van der Waals surface area (Å²) < 4.78 is 21.3. The van der Waals surface area contributed by atoms with Gasteiger partial charge in [0.05, 0.1) is 12.2 Å². The molecule has 0 aliphatic rings. The van der Waals surface area contributed by atoms with E-state index < -0.39 is 10.0 Å². The van der Waals surface area contributed by atoms with Gasteiger partial charge in [-0.3, -0.25) is 4.79 Å². The number of carbonyl (C=O) groups is 1. The lowest BCUT2D eigenvalue weighted by molar-refractivity contribution is -0.120. The van der Waals surface area contributed by atoms with Gasteiger partial charge in [-0.25, -0.2) is 13.6 Å². The molecule has 0 aliphatic heterocycles. The topological polar surface area (TPSA) is 109 Å². The monoisotopic (exact) mass is 272 g/mol. The van der Waals surface area contributed by atoms with E-state index in [1.807, 2.05) is 0 Å². The van der Waals surface area contributed by atoms with Gasteiger partial charge in [0.15, 0.2) is 0 Å². The second-order valence-corrected chi connectivity index (χ2v) is 5.61. The Bertz CT molecular complexity index is 514. The molecule has 0 saturated carbocycles. The number of nitrogens with one attached hydrogen (secondary N) is 1. The molecule has 4 N–H and O–H groups in total. The van der Waals surface area contributed by atoms with Crippen LogP contribution in [0.15, 0.2) is 24.3 Å². The SMILES string of the molecule is NS(=O)(=O)CCCNC(=O)Cc1ccccc1O. The molecule has 1 aromatic rings. The first-order chi connectivity index (χ1) is 8.38. The van der Waals surface area contributed by atoms with Crippen molar-refractivity contribution < 1.29 is 18.3 Å². The summed E-state index contributed by atoms with van der Waals surface area (Å²) in [7, 11) is -3.48. The summed E-state index contributed by atoms with van der Waals surface area (Å²) in [5.74, 6) is -0.368. The molecule has 0 atom stereocenters. The zero-order valence-electron chi connectivity index (χ0n) is 9.80. The van der Waals surface area contributed by atoms with Crippen LogP contribution in [-0.2, 0) is 21.2 Å². The predicted molar refractivity (Wildman–Crippen MR) is 67.4 cm³/mol. The van der Waals surface area contributed by atoms with Gasteiger partial charge < -0.3 is 10.4 Å². The van der Waals surface area contributed by atoms with Crippen molar-refractivity contribution in [3.05, 3.63) is 29.8 Å². The maximum absolute atomic E-state index is 11.5. The molecule has 18 heavy (non-hydrogen) atoms. The standard InChI is InChI=1S/C11H16N2O4S/c12-18(16,17)7-3-6-13-11(15)8-9-4-1-2-5-10(9)14/h1-2,4-5,14H,3,6-8H2,(H,13,15)(H2,12,16,17). The normalized spacial score (nSPS) is 11.2. The third-order valence-electron chi connectivity index (χ3n) is 2.27. The molecule has 0 bridgehead atoms. The number of carbonyl (C=O) groups excluding carboxylic acids is 1. The lowest BCUT2D eigenvalue weighted by Crippen LogP contribution is -2.28. The van der Waals surface area contributed by atoms with E-state index >= 15 is 0 Å². The van der Waals surface area contributed by atoms with Crippen molar-refractivity contribution in [2.24, 2.45) is 5.14 Å². The second-order valence-electron chi connectivity index (χ2n) is 3.88. The van der Waals surface area contributed by atoms with Crippen molar-refractivity contribution in [2.75, 3.05) is 12.3 Å². The van der Waals surface area contributed by atoms with E-state index in [1.165, 1.54) is 6.07 Å². The summed E-state index contributed by atoms with van der Waals surface area (Å²) >= 11 is 0. The fourth-order valence-electron chi connectivity index (χ4n) is 1.40. The van der Waals surface area contributed by atoms with E-state index in [2.05, 4.69) is 5.32 Å². The van der Waals surface area contributed by atoms with Crippen LogP contribution in [0.3, 0.4) is 0 Å². The summed E-state index contributed by atoms with van der Waals surface area (Å²) in [6.07, 6.45) is 0.327. The zero-order valence-corrected chi connectivity index (χ0v) is 10.6. The average molecular weight is 272 g/mol. The van der Waals surface area contributed by atoms with Gasteiger partial charge in [0.2, 0.25) is 15.9 Å². The van der Waals surface area contributed by atoms with Crippen molar-refractivity contribution in [3.63, 3.8) is 0 Å². The lowest BCUT2D eigenvalue weighted by Gasteiger charge is -2.06. The van der Waals surface area contributed by atoms with Crippen LogP contribution < -0.4 is 10.5 Å². The molecule has 6 nitrogen and oxygen atoms in total. The van der Waals surface area contributed by atoms with Gasteiger partial charge in [-0.05, 0) is 12.5 Å². The van der Waals surface area contributed by atoms with E-state index in [9.17, 15) is 18.3 Å². The number of hydrogen-bond donors (Lipinski definition) is 3. The van der Waals surface area contributed by atoms with Crippen LogP contribution in [0, 0.1) is 0 Å². The summed E-state index contributed by atoms with van der Waals surface area (Å²) in [5, 5.41) is 16.8. The van der Waals surface area contributed by atoms with Crippen molar-refractivity contribution in [1.82, 2.24) is 5.32 Å². The van der Waals surface area contributed by atoms with Crippen LogP contribution in [0.4, 0.5) is 0 Å². The van der Waals surface area contributed by atoms with Gasteiger partial charge in [-0.2, -0.15) is 0 Å². The van der Waals surface area contributed by atoms with Gasteiger partial charge in [0.25, 0.3) is 0 Å². The van der Waals surface area contributed by atoms with Gasteiger partial charge in [0, 0.05) is 12.1 Å². The Morgan fingerprint density at radius 2 is 2.00 bits per heavy atom. The Labute approximate surface area is 106 Å². The summed E-state index contributed by atoms with van der Waals surface area (Å²) in [4.78, 5) is 11.5. The number of hydrogen-bond acceptors (Lipinski definition) is 4. The number of para-hydroxylation sites is 1. The number of aromatic hydroxyl groups is 1. The quantitative estimate of drug-likeness (QED) is 0.619. The number of benzene rings is 1. The highest BCUT2D eigenvalue weighted by atomic mass is 32.2. The summed E-state index contributed by atoms with van der Waals surface area (Å²) in [5.41, 5.74) is 0.529. The number of rotatable bonds is 6. The van der Waals surface area contributed by atoms with Crippen LogP contribution in [0.1, 0.15) is 12.0 Å². The van der Waals surface area contributed by atoms with Gasteiger partial charge in [0.1, 0.15) is 5.75 Å². The van der Waals surface area contributed by atoms with Crippen molar-refractivity contribution in [2.45, 2.75) is 12.8 Å². The molecule has 1 rings (SSSR count). The van der Waals surface area contributed by atoms with E-state index in [0.717, 1.165) is 0 Å². The van der Waals surface area contributed by atoms with Gasteiger partial charge in [-0.1, -0.05) is 18.2 Å². The molecule has 0 saturated heterocycles. The first kappa shape index (κ1) is 14.5. The minimum atomic E-state index is -3.48. The second kappa shape index (κ2) is 6.36. The highest BCUT2D eigenvalue weighted by Crippen LogP contribution is 2.15. The molecule has 0 spiro atoms. The molecule has 0 aliphatic carbocycles. The number of nitrogens with two attached hydrogens (primary N) is 1. The van der Waals surface area contributed by atoms with E-state index in [0.29, 0.717) is 5.56 Å². The Morgan fingerprint density at radius 3 is 2.61 bits per heavy atom. The highest BCUT2D eigenvalue weighted by Gasteiger charge is 2.07. The Balaban J connectivity index is 2.33. The summed E-state index contributed by atoms with van der Waals surface area (Å²) in [6.45, 7) is 0.239. The van der Waals surface area contributed by atoms with E-state index in [-0.39, 0.29) is 36.8 Å². The van der Waals surface area contributed by atoms with Gasteiger partial charge >= 0.3 is 0 Å². The molecule has 0 fully saturated rings. The molecular formula is C11H16N2O4S. The molecule has 7 heteroatoms. The summed E-state index contributed by atoms with van der Waals surface area (Å²) in [6, 6.07) is 6.55. The van der Waals surface area contributed by atoms with Crippen molar-refractivity contribution >= 4 is 15.9 Å². The number of primary sulfonamides is 1. The predicted octanol–water partition coefficient (Wildman–Crippen LogP) is -0.270. The zero-order chi connectivity index (χ0) is 13.6. The largest absolute Gasteiger partial charge is 0.508 e. The van der Waals surface area contributed by atoms with Crippen LogP contribution in [0.2, 0.25) is 0 Å². The Kier molecular flexibility index (Phi) is 5.11. The molecular weight excluding hydrogens is 256 g/mol.